The zero-order valence-corrected chi connectivity index (χ0v) is 11.2. The van der Waals surface area contributed by atoms with Gasteiger partial charge in [-0.1, -0.05) is 64.1 Å². The van der Waals surface area contributed by atoms with E-state index in [1.165, 1.54) is 4.88 Å². The third-order valence-electron chi connectivity index (χ3n) is 2.28. The van der Waals surface area contributed by atoms with Crippen molar-refractivity contribution >= 4 is 38.7 Å². The Hall–Kier alpha value is -0.840. The Balaban J connectivity index is 2.32. The summed E-state index contributed by atoms with van der Waals surface area (Å²) in [6.45, 7) is 1.88. The van der Waals surface area contributed by atoms with E-state index in [1.54, 1.807) is 20.7 Å². The molecule has 0 aliphatic heterocycles. The van der Waals surface area contributed by atoms with Gasteiger partial charge in [0.1, 0.15) is 3.82 Å². The van der Waals surface area contributed by atoms with Crippen LogP contribution in [-0.4, -0.2) is 5.78 Å². The lowest BCUT2D eigenvalue weighted by Crippen LogP contribution is -1.95. The second kappa shape index (κ2) is 4.99. The number of benzene rings is 1. The monoisotopic (exact) mass is 266 g/mol. The molecule has 2 rings (SSSR count). The van der Waals surface area contributed by atoms with Crippen molar-refractivity contribution in [2.75, 3.05) is 0 Å². The molecule has 0 saturated heterocycles. The first-order valence-corrected chi connectivity index (χ1v) is 7.50. The summed E-state index contributed by atoms with van der Waals surface area (Å²) in [6, 6.07) is 9.73. The van der Waals surface area contributed by atoms with Crippen LogP contribution in [0.4, 0.5) is 0 Å². The Morgan fingerprint density at radius 3 is 2.44 bits per heavy atom. The number of carbonyl (C=O) groups is 1. The highest BCUT2D eigenvalue weighted by molar-refractivity contribution is 7.80. The predicted octanol–water partition coefficient (Wildman–Crippen LogP) is 4.80. The van der Waals surface area contributed by atoms with Crippen LogP contribution in [0, 0.1) is 3.82 Å². The average molecular weight is 266 g/mol. The third kappa shape index (κ3) is 2.45. The molecule has 1 aromatic carbocycles. The normalized spacial score (nSPS) is 10.3. The zero-order chi connectivity index (χ0) is 11.5. The first-order valence-electron chi connectivity index (χ1n) is 4.94. The second-order valence-electron chi connectivity index (χ2n) is 3.35. The summed E-state index contributed by atoms with van der Waals surface area (Å²) in [5.74, 6) is 0.185. The zero-order valence-electron chi connectivity index (χ0n) is 8.73. The van der Waals surface area contributed by atoms with Gasteiger partial charge in [-0.3, -0.25) is 4.79 Å². The molecule has 1 nitrogen and oxygen atoms in total. The van der Waals surface area contributed by atoms with E-state index in [9.17, 15) is 4.79 Å². The summed E-state index contributed by atoms with van der Waals surface area (Å²) in [7, 11) is 3.28. The summed E-state index contributed by atoms with van der Waals surface area (Å²) in [4.78, 5) is 12.6. The van der Waals surface area contributed by atoms with Crippen molar-refractivity contribution in [3.05, 3.63) is 39.7 Å². The number of Topliss-reactive ketones (excluding diaryl/α,β-unsaturated/α-hetero) is 1. The first kappa shape index (κ1) is 11.6. The van der Waals surface area contributed by atoms with Gasteiger partial charge in [0.15, 0.2) is 5.78 Å². The van der Waals surface area contributed by atoms with Crippen molar-refractivity contribution in [1.29, 1.82) is 0 Å². The van der Waals surface area contributed by atoms with Crippen molar-refractivity contribution in [2.45, 2.75) is 13.3 Å². The van der Waals surface area contributed by atoms with E-state index < -0.39 is 0 Å². The van der Waals surface area contributed by atoms with Gasteiger partial charge < -0.3 is 0 Å². The average Bonchev–Trinajstić information content (AvgIpc) is 2.75. The molecule has 0 aliphatic carbocycles. The molecule has 0 atom stereocenters. The third-order valence-corrected chi connectivity index (χ3v) is 5.19. The topological polar surface area (TPSA) is 17.1 Å². The maximum atomic E-state index is 11.5. The molecule has 0 spiro atoms. The number of hydrogen-bond acceptors (Lipinski definition) is 4. The Kier molecular flexibility index (Phi) is 3.63. The summed E-state index contributed by atoms with van der Waals surface area (Å²) in [5, 5.41) is 0. The molecular weight excluding hydrogens is 256 g/mol. The molecule has 1 heterocycles. The number of carbonyl (C=O) groups excluding carboxylic acids is 1. The highest BCUT2D eigenvalue weighted by Crippen LogP contribution is 2.29. The van der Waals surface area contributed by atoms with Crippen LogP contribution in [0.15, 0.2) is 30.3 Å². The SMILES string of the molecule is CCC(=O)c1ccc(-c2cc(=S)ss2)cc1. The summed E-state index contributed by atoms with van der Waals surface area (Å²) < 4.78 is 0.911. The molecule has 2 aromatic rings. The predicted molar refractivity (Wildman–Crippen MR) is 73.1 cm³/mol. The van der Waals surface area contributed by atoms with Crippen molar-refractivity contribution in [1.82, 2.24) is 0 Å². The van der Waals surface area contributed by atoms with Crippen LogP contribution < -0.4 is 0 Å². The van der Waals surface area contributed by atoms with E-state index in [4.69, 9.17) is 12.2 Å². The molecule has 16 heavy (non-hydrogen) atoms. The van der Waals surface area contributed by atoms with Crippen LogP contribution in [0.25, 0.3) is 10.4 Å². The van der Waals surface area contributed by atoms with Crippen molar-refractivity contribution in [2.24, 2.45) is 0 Å². The van der Waals surface area contributed by atoms with Gasteiger partial charge in [0.2, 0.25) is 0 Å². The summed E-state index contributed by atoms with van der Waals surface area (Å²) >= 11 is 5.09. The standard InChI is InChI=1S/C12H10OS3/c1-2-10(13)8-3-5-9(6-4-8)11-7-12(14)16-15-11/h3-7H,2H2,1H3. The molecule has 0 unspecified atom stereocenters. The number of ketones is 1. The highest BCUT2D eigenvalue weighted by atomic mass is 32.9. The van der Waals surface area contributed by atoms with E-state index in [2.05, 4.69) is 0 Å². The highest BCUT2D eigenvalue weighted by Gasteiger charge is 2.04. The van der Waals surface area contributed by atoms with Crippen LogP contribution in [0.3, 0.4) is 0 Å². The minimum absolute atomic E-state index is 0.185. The van der Waals surface area contributed by atoms with Gasteiger partial charge in [0.25, 0.3) is 0 Å². The largest absolute Gasteiger partial charge is 0.294 e. The van der Waals surface area contributed by atoms with Gasteiger partial charge in [0.05, 0.1) is 0 Å². The fourth-order valence-electron chi connectivity index (χ4n) is 1.40. The fraction of sp³-hybridized carbons (Fsp3) is 0.167. The van der Waals surface area contributed by atoms with Crippen molar-refractivity contribution in [3.63, 3.8) is 0 Å². The lowest BCUT2D eigenvalue weighted by Gasteiger charge is -1.99. The minimum atomic E-state index is 0.185. The van der Waals surface area contributed by atoms with Gasteiger partial charge in [-0.05, 0) is 11.6 Å². The lowest BCUT2D eigenvalue weighted by atomic mass is 10.1. The van der Waals surface area contributed by atoms with E-state index in [-0.39, 0.29) is 5.78 Å². The minimum Gasteiger partial charge on any atom is -0.294 e. The van der Waals surface area contributed by atoms with Gasteiger partial charge in [0, 0.05) is 16.9 Å². The maximum absolute atomic E-state index is 11.5. The molecular formula is C12H10OS3. The molecule has 0 radical (unpaired) electrons. The van der Waals surface area contributed by atoms with Gasteiger partial charge in [-0.2, -0.15) is 0 Å². The molecule has 0 N–H and O–H groups in total. The van der Waals surface area contributed by atoms with Crippen LogP contribution in [0.5, 0.6) is 0 Å². The molecule has 0 saturated carbocycles. The Labute approximate surface area is 107 Å². The molecule has 0 bridgehead atoms. The van der Waals surface area contributed by atoms with Crippen LogP contribution in [0.2, 0.25) is 0 Å². The van der Waals surface area contributed by atoms with E-state index >= 15 is 0 Å². The van der Waals surface area contributed by atoms with Crippen LogP contribution in [-0.2, 0) is 0 Å². The Morgan fingerprint density at radius 1 is 1.25 bits per heavy atom. The van der Waals surface area contributed by atoms with Crippen LogP contribution in [0.1, 0.15) is 23.7 Å². The van der Waals surface area contributed by atoms with Crippen LogP contribution >= 0.6 is 32.9 Å². The van der Waals surface area contributed by atoms with E-state index in [1.807, 2.05) is 37.3 Å². The van der Waals surface area contributed by atoms with Crippen molar-refractivity contribution < 1.29 is 4.79 Å². The summed E-state index contributed by atoms with van der Waals surface area (Å²) in [6.07, 6.45) is 0.552. The number of rotatable bonds is 3. The van der Waals surface area contributed by atoms with Crippen molar-refractivity contribution in [3.8, 4) is 10.4 Å². The maximum Gasteiger partial charge on any atom is 0.162 e. The lowest BCUT2D eigenvalue weighted by molar-refractivity contribution is 0.0988. The quantitative estimate of drug-likeness (QED) is 0.451. The Morgan fingerprint density at radius 2 is 1.94 bits per heavy atom. The molecule has 0 fully saturated rings. The molecule has 4 heteroatoms. The number of hydrogen-bond donors (Lipinski definition) is 0. The summed E-state index contributed by atoms with van der Waals surface area (Å²) in [5.41, 5.74) is 1.91. The van der Waals surface area contributed by atoms with Gasteiger partial charge >= 0.3 is 0 Å². The van der Waals surface area contributed by atoms with Gasteiger partial charge in [-0.25, -0.2) is 0 Å². The Bertz CT molecular complexity index is 548. The molecule has 1 aromatic heterocycles. The molecule has 82 valence electrons. The van der Waals surface area contributed by atoms with E-state index in [0.717, 1.165) is 15.0 Å². The smallest absolute Gasteiger partial charge is 0.162 e. The second-order valence-corrected chi connectivity index (χ2v) is 6.26. The molecule has 0 amide bonds. The van der Waals surface area contributed by atoms with Gasteiger partial charge in [-0.15, -0.1) is 0 Å². The first-order chi connectivity index (χ1) is 7.70. The van der Waals surface area contributed by atoms with E-state index in [0.29, 0.717) is 6.42 Å². The fourth-order valence-corrected chi connectivity index (χ4v) is 3.80. The molecule has 0 aliphatic rings.